The van der Waals surface area contributed by atoms with Crippen molar-refractivity contribution in [3.05, 3.63) is 71.8 Å². The third-order valence-corrected chi connectivity index (χ3v) is 6.52. The number of piperazine rings is 1. The van der Waals surface area contributed by atoms with E-state index in [1.807, 2.05) is 0 Å². The summed E-state index contributed by atoms with van der Waals surface area (Å²) in [5.74, 6) is 0. The first-order valence-electron chi connectivity index (χ1n) is 11.2. The summed E-state index contributed by atoms with van der Waals surface area (Å²) < 4.78 is 5.43. The summed E-state index contributed by atoms with van der Waals surface area (Å²) in [6.45, 7) is 9.98. The third-order valence-electron chi connectivity index (χ3n) is 6.52. The summed E-state index contributed by atoms with van der Waals surface area (Å²) >= 11 is 0. The molecule has 156 valence electrons. The van der Waals surface area contributed by atoms with Crippen LogP contribution in [0.25, 0.3) is 0 Å². The molecule has 2 aliphatic heterocycles. The molecule has 2 fully saturated rings. The summed E-state index contributed by atoms with van der Waals surface area (Å²) in [4.78, 5) is 4.67. The van der Waals surface area contributed by atoms with Gasteiger partial charge in [-0.05, 0) is 0 Å². The second kappa shape index (κ2) is 10.3. The molecule has 5 nitrogen and oxygen atoms in total. The van der Waals surface area contributed by atoms with Crippen LogP contribution in [-0.2, 0) is 4.74 Å². The van der Waals surface area contributed by atoms with Gasteiger partial charge in [0.15, 0.2) is 6.10 Å². The lowest BCUT2D eigenvalue weighted by Crippen LogP contribution is -3.29. The van der Waals surface area contributed by atoms with Gasteiger partial charge in [-0.25, -0.2) is 0 Å². The number of rotatable bonds is 7. The van der Waals surface area contributed by atoms with Crippen molar-refractivity contribution in [2.75, 3.05) is 65.6 Å². The lowest BCUT2D eigenvalue weighted by Gasteiger charge is -2.36. The molecule has 4 N–H and O–H groups in total. The Hall–Kier alpha value is -1.76. The van der Waals surface area contributed by atoms with Crippen LogP contribution in [0.2, 0.25) is 0 Å². The third kappa shape index (κ3) is 5.65. The molecule has 2 aliphatic rings. The van der Waals surface area contributed by atoms with E-state index in [0.717, 1.165) is 65.6 Å². The van der Waals surface area contributed by atoms with Crippen molar-refractivity contribution >= 4 is 0 Å². The van der Waals surface area contributed by atoms with Gasteiger partial charge < -0.3 is 24.5 Å². The number of hydrogen-bond acceptors (Lipinski definition) is 2. The molecular formula is C24H36N3O2+3. The van der Waals surface area contributed by atoms with E-state index in [4.69, 9.17) is 4.74 Å². The highest BCUT2D eigenvalue weighted by molar-refractivity contribution is 5.29. The number of aliphatic hydroxyl groups is 1. The van der Waals surface area contributed by atoms with Crippen molar-refractivity contribution in [1.29, 1.82) is 0 Å². The zero-order valence-electron chi connectivity index (χ0n) is 17.4. The first-order chi connectivity index (χ1) is 14.3. The van der Waals surface area contributed by atoms with Gasteiger partial charge in [-0.2, -0.15) is 0 Å². The maximum Gasteiger partial charge on any atom is 0.152 e. The van der Waals surface area contributed by atoms with Crippen LogP contribution in [0.5, 0.6) is 0 Å². The van der Waals surface area contributed by atoms with E-state index in [2.05, 4.69) is 60.7 Å². The minimum atomic E-state index is -0.210. The highest BCUT2D eigenvalue weighted by Gasteiger charge is 2.33. The highest BCUT2D eigenvalue weighted by Crippen LogP contribution is 2.18. The van der Waals surface area contributed by atoms with E-state index in [0.29, 0.717) is 6.04 Å². The van der Waals surface area contributed by atoms with Crippen LogP contribution in [0.4, 0.5) is 0 Å². The monoisotopic (exact) mass is 398 g/mol. The molecule has 2 aromatic carbocycles. The van der Waals surface area contributed by atoms with E-state index in [9.17, 15) is 5.11 Å². The van der Waals surface area contributed by atoms with Gasteiger partial charge >= 0.3 is 0 Å². The molecule has 4 rings (SSSR count). The van der Waals surface area contributed by atoms with Crippen LogP contribution in [-0.4, -0.2) is 76.8 Å². The zero-order chi connectivity index (χ0) is 19.9. The first kappa shape index (κ1) is 20.5. The maximum absolute atomic E-state index is 10.6. The van der Waals surface area contributed by atoms with E-state index in [-0.39, 0.29) is 6.10 Å². The minimum Gasteiger partial charge on any atom is -0.382 e. The van der Waals surface area contributed by atoms with Gasteiger partial charge in [0.2, 0.25) is 0 Å². The molecule has 0 amide bonds. The van der Waals surface area contributed by atoms with Gasteiger partial charge in [-0.3, -0.25) is 0 Å². The molecular weight excluding hydrogens is 362 g/mol. The molecule has 5 heteroatoms. The molecule has 0 bridgehead atoms. The number of morpholine rings is 1. The summed E-state index contributed by atoms with van der Waals surface area (Å²) in [5.41, 5.74) is 2.79. The second-order valence-corrected chi connectivity index (χ2v) is 8.59. The molecule has 0 unspecified atom stereocenters. The van der Waals surface area contributed by atoms with Crippen molar-refractivity contribution in [2.24, 2.45) is 0 Å². The van der Waals surface area contributed by atoms with E-state index in [1.165, 1.54) is 16.0 Å². The predicted octanol–water partition coefficient (Wildman–Crippen LogP) is -2.16. The minimum absolute atomic E-state index is 0.210. The molecule has 0 aromatic heterocycles. The van der Waals surface area contributed by atoms with Crippen LogP contribution in [0.15, 0.2) is 60.7 Å². The smallest absolute Gasteiger partial charge is 0.152 e. The van der Waals surface area contributed by atoms with E-state index >= 15 is 0 Å². The maximum atomic E-state index is 10.6. The Morgan fingerprint density at radius 1 is 0.690 bits per heavy atom. The molecule has 0 radical (unpaired) electrons. The predicted molar refractivity (Wildman–Crippen MR) is 113 cm³/mol. The molecule has 0 aliphatic carbocycles. The summed E-state index contributed by atoms with van der Waals surface area (Å²) in [6.07, 6.45) is -0.210. The Morgan fingerprint density at radius 2 is 1.17 bits per heavy atom. The number of ether oxygens (including phenoxy) is 1. The quantitative estimate of drug-likeness (QED) is 0.429. The summed E-state index contributed by atoms with van der Waals surface area (Å²) in [5, 5.41) is 10.6. The molecule has 2 heterocycles. The number of nitrogens with one attached hydrogen (secondary N) is 3. The van der Waals surface area contributed by atoms with Gasteiger partial charge in [0.1, 0.15) is 58.4 Å². The molecule has 0 saturated carbocycles. The average Bonchev–Trinajstić information content (AvgIpc) is 2.77. The molecule has 29 heavy (non-hydrogen) atoms. The number of quaternary nitrogens is 3. The number of aliphatic hydroxyl groups excluding tert-OH is 1. The van der Waals surface area contributed by atoms with Crippen LogP contribution < -0.4 is 14.7 Å². The Labute approximate surface area is 174 Å². The second-order valence-electron chi connectivity index (χ2n) is 8.59. The van der Waals surface area contributed by atoms with Crippen LogP contribution >= 0.6 is 0 Å². The van der Waals surface area contributed by atoms with Crippen molar-refractivity contribution in [3.63, 3.8) is 0 Å². The number of hydrogen-bond donors (Lipinski definition) is 4. The fraction of sp³-hybridized carbons (Fsp3) is 0.500. The van der Waals surface area contributed by atoms with E-state index < -0.39 is 0 Å². The highest BCUT2D eigenvalue weighted by atomic mass is 16.5. The molecule has 2 aromatic rings. The van der Waals surface area contributed by atoms with Crippen LogP contribution in [0.1, 0.15) is 17.2 Å². The lowest BCUT2D eigenvalue weighted by atomic mass is 9.96. The Bertz CT molecular complexity index is 674. The first-order valence-corrected chi connectivity index (χ1v) is 11.2. The van der Waals surface area contributed by atoms with Gasteiger partial charge in [0, 0.05) is 11.1 Å². The standard InChI is InChI=1S/C24H33N3O2/c28-23(20-26-15-17-29-18-16-26)19-25-11-13-27(14-12-25)24(21-7-3-1-4-8-21)22-9-5-2-6-10-22/h1-10,23-24,28H,11-20H2/p+3/t23-/m1/s1. The van der Waals surface area contributed by atoms with Gasteiger partial charge in [0.25, 0.3) is 0 Å². The van der Waals surface area contributed by atoms with Crippen molar-refractivity contribution < 1.29 is 24.5 Å². The molecule has 1 atom stereocenters. The Morgan fingerprint density at radius 3 is 1.69 bits per heavy atom. The van der Waals surface area contributed by atoms with E-state index in [1.54, 1.807) is 9.80 Å². The van der Waals surface area contributed by atoms with Crippen molar-refractivity contribution in [1.82, 2.24) is 0 Å². The summed E-state index contributed by atoms with van der Waals surface area (Å²) in [6, 6.07) is 22.2. The summed E-state index contributed by atoms with van der Waals surface area (Å²) in [7, 11) is 0. The fourth-order valence-corrected chi connectivity index (χ4v) is 4.98. The molecule has 0 spiro atoms. The van der Waals surface area contributed by atoms with Gasteiger partial charge in [0.05, 0.1) is 13.2 Å². The van der Waals surface area contributed by atoms with Crippen LogP contribution in [0.3, 0.4) is 0 Å². The SMILES string of the molecule is O[C@@H](C[NH+]1CCOCC1)C[NH+]1CC[NH+](C(c2ccccc2)c2ccccc2)CC1. The topological polar surface area (TPSA) is 42.8 Å². The van der Waals surface area contributed by atoms with Crippen molar-refractivity contribution in [3.8, 4) is 0 Å². The Balaban J connectivity index is 1.34. The normalized spacial score (nSPS) is 24.5. The lowest BCUT2D eigenvalue weighted by molar-refractivity contribution is -1.03. The molecule has 2 saturated heterocycles. The van der Waals surface area contributed by atoms with Crippen molar-refractivity contribution in [2.45, 2.75) is 12.1 Å². The zero-order valence-corrected chi connectivity index (χ0v) is 17.4. The van der Waals surface area contributed by atoms with Gasteiger partial charge in [-0.1, -0.05) is 60.7 Å². The Kier molecular flexibility index (Phi) is 7.30. The number of benzene rings is 2. The average molecular weight is 399 g/mol. The fourth-order valence-electron chi connectivity index (χ4n) is 4.98. The largest absolute Gasteiger partial charge is 0.382 e. The van der Waals surface area contributed by atoms with Gasteiger partial charge in [-0.15, -0.1) is 0 Å². The van der Waals surface area contributed by atoms with Crippen LogP contribution in [0, 0.1) is 0 Å².